The molecule has 0 spiro atoms. The Morgan fingerprint density at radius 3 is 2.39 bits per heavy atom. The number of nitrogens with one attached hydrogen (secondary N) is 1. The molecule has 0 unspecified atom stereocenters. The molecule has 7 heteroatoms. The van der Waals surface area contributed by atoms with Gasteiger partial charge in [-0.05, 0) is 88.5 Å². The van der Waals surface area contributed by atoms with E-state index >= 15 is 0 Å². The van der Waals surface area contributed by atoms with Crippen LogP contribution in [0.25, 0.3) is 21.9 Å². The second-order valence-electron chi connectivity index (χ2n) is 13.3. The molecule has 2 heterocycles. The van der Waals surface area contributed by atoms with Gasteiger partial charge >= 0.3 is 0 Å². The Labute approximate surface area is 299 Å². The van der Waals surface area contributed by atoms with Crippen molar-refractivity contribution >= 4 is 16.7 Å². The molecule has 0 bridgehead atoms. The van der Waals surface area contributed by atoms with Crippen LogP contribution in [0.15, 0.2) is 140 Å². The van der Waals surface area contributed by atoms with E-state index in [1.165, 1.54) is 16.3 Å². The number of carbonyl (C=O) groups is 1. The number of likely N-dealkylation sites (N-methyl/N-ethyl adjacent to an activating group) is 1. The van der Waals surface area contributed by atoms with Crippen molar-refractivity contribution in [1.82, 2.24) is 15.2 Å². The van der Waals surface area contributed by atoms with Crippen molar-refractivity contribution in [3.63, 3.8) is 0 Å². The number of ether oxygens (including phenoxy) is 2. The Morgan fingerprint density at radius 2 is 1.61 bits per heavy atom. The molecule has 0 saturated carbocycles. The average molecular weight is 678 g/mol. The van der Waals surface area contributed by atoms with Crippen LogP contribution in [0.1, 0.15) is 70.0 Å². The summed E-state index contributed by atoms with van der Waals surface area (Å²) in [5.41, 5.74) is 7.74. The number of nitrogens with zero attached hydrogens (tertiary/aromatic N) is 2. The Bertz CT molecular complexity index is 2080. The van der Waals surface area contributed by atoms with Crippen LogP contribution in [0.4, 0.5) is 0 Å². The van der Waals surface area contributed by atoms with Gasteiger partial charge in [-0.3, -0.25) is 14.7 Å². The zero-order valence-corrected chi connectivity index (χ0v) is 29.0. The number of aliphatic hydroxyl groups excluding tert-OH is 1. The highest BCUT2D eigenvalue weighted by Gasteiger charge is 2.33. The lowest BCUT2D eigenvalue weighted by atomic mass is 9.97. The molecule has 1 saturated heterocycles. The highest BCUT2D eigenvalue weighted by molar-refractivity contribution is 5.93. The number of hydrogen-bond donors (Lipinski definition) is 2. The van der Waals surface area contributed by atoms with E-state index in [0.717, 1.165) is 39.9 Å². The third kappa shape index (κ3) is 8.25. The number of hydrogen-bond acceptors (Lipinski definition) is 6. The van der Waals surface area contributed by atoms with Gasteiger partial charge in [0.15, 0.2) is 6.29 Å². The summed E-state index contributed by atoms with van der Waals surface area (Å²) in [7, 11) is 2.16. The van der Waals surface area contributed by atoms with Crippen LogP contribution >= 0.6 is 0 Å². The summed E-state index contributed by atoms with van der Waals surface area (Å²) >= 11 is 0. The van der Waals surface area contributed by atoms with Crippen LogP contribution in [-0.2, 0) is 22.6 Å². The Hall–Kier alpha value is -5.18. The number of amides is 1. The van der Waals surface area contributed by atoms with E-state index in [1.54, 1.807) is 24.5 Å². The van der Waals surface area contributed by atoms with Crippen molar-refractivity contribution in [3.8, 4) is 11.1 Å². The normalized spacial score (nSPS) is 18.1. The van der Waals surface area contributed by atoms with E-state index in [9.17, 15) is 9.90 Å². The summed E-state index contributed by atoms with van der Waals surface area (Å²) in [6.07, 6.45) is 3.08. The van der Waals surface area contributed by atoms with Crippen LogP contribution in [0, 0.1) is 0 Å². The first-order valence-corrected chi connectivity index (χ1v) is 17.5. The van der Waals surface area contributed by atoms with Crippen molar-refractivity contribution in [3.05, 3.63) is 173 Å². The largest absolute Gasteiger partial charge is 0.392 e. The fourth-order valence-electron chi connectivity index (χ4n) is 6.74. The molecule has 1 amide bonds. The van der Waals surface area contributed by atoms with Crippen molar-refractivity contribution in [1.29, 1.82) is 0 Å². The van der Waals surface area contributed by atoms with Crippen molar-refractivity contribution in [2.75, 3.05) is 13.6 Å². The third-order valence-corrected chi connectivity index (χ3v) is 9.82. The van der Waals surface area contributed by atoms with Crippen LogP contribution in [0.2, 0.25) is 0 Å². The zero-order chi connectivity index (χ0) is 35.2. The molecule has 7 rings (SSSR count). The lowest BCUT2D eigenvalue weighted by Crippen LogP contribution is -2.38. The summed E-state index contributed by atoms with van der Waals surface area (Å²) in [6, 6.07) is 43.4. The highest BCUT2D eigenvalue weighted by atomic mass is 16.7. The molecule has 1 fully saturated rings. The molecule has 1 aromatic heterocycles. The van der Waals surface area contributed by atoms with Crippen molar-refractivity contribution in [2.24, 2.45) is 0 Å². The lowest BCUT2D eigenvalue weighted by Gasteiger charge is -2.39. The standard InChI is InChI=1S/C44H43N3O4/c1-30(35-20-19-33-9-3-4-10-37(33)23-35)47(2)28-41-25-42(34-17-15-31(29-48)16-18-34)51-44(50-41)39-13-6-12-38(24-39)36-11-5-8-32(22-36)26-46-43(49)40-14-7-21-45-27-40/h3-24,27,30,41-42,44,48H,25-26,28-29H2,1-2H3,(H,46,49)/t30-,41+,42-,44-/m1/s1. The predicted octanol–water partition coefficient (Wildman–Crippen LogP) is 8.56. The van der Waals surface area contributed by atoms with Gasteiger partial charge in [0, 0.05) is 43.5 Å². The summed E-state index contributed by atoms with van der Waals surface area (Å²) in [5, 5.41) is 15.1. The number of pyridine rings is 1. The van der Waals surface area contributed by atoms with Gasteiger partial charge in [0.1, 0.15) is 0 Å². The molecule has 6 aromatic rings. The van der Waals surface area contributed by atoms with Gasteiger partial charge in [-0.1, -0.05) is 97.1 Å². The molecule has 1 aliphatic heterocycles. The lowest BCUT2D eigenvalue weighted by molar-refractivity contribution is -0.253. The van der Waals surface area contributed by atoms with Crippen molar-refractivity contribution < 1.29 is 19.4 Å². The van der Waals surface area contributed by atoms with Crippen LogP contribution < -0.4 is 5.32 Å². The molecule has 1 aliphatic rings. The molecule has 7 nitrogen and oxygen atoms in total. The SMILES string of the molecule is C[C@H](c1ccc2ccccc2c1)N(C)C[C@@H]1C[C@H](c2ccc(CO)cc2)O[C@H](c2cccc(-c3cccc(CNC(=O)c4cccnc4)c3)c2)O1. The first-order valence-electron chi connectivity index (χ1n) is 17.5. The van der Waals surface area contributed by atoms with E-state index in [1.807, 2.05) is 42.5 Å². The minimum atomic E-state index is -0.572. The maximum atomic E-state index is 12.6. The van der Waals surface area contributed by atoms with Crippen LogP contribution in [0.5, 0.6) is 0 Å². The molecular weight excluding hydrogens is 635 g/mol. The fourth-order valence-corrected chi connectivity index (χ4v) is 6.74. The maximum absolute atomic E-state index is 12.6. The predicted molar refractivity (Wildman–Crippen MR) is 201 cm³/mol. The Kier molecular flexibility index (Phi) is 10.6. The number of aromatic nitrogens is 1. The number of rotatable bonds is 11. The van der Waals surface area contributed by atoms with Gasteiger partial charge in [-0.25, -0.2) is 0 Å². The minimum absolute atomic E-state index is 0.00247. The maximum Gasteiger partial charge on any atom is 0.253 e. The van der Waals surface area contributed by atoms with Gasteiger partial charge < -0.3 is 19.9 Å². The number of benzene rings is 5. The average Bonchev–Trinajstić information content (AvgIpc) is 3.19. The monoisotopic (exact) mass is 677 g/mol. The minimum Gasteiger partial charge on any atom is -0.392 e. The topological polar surface area (TPSA) is 83.9 Å². The van der Waals surface area contributed by atoms with Gasteiger partial charge in [-0.15, -0.1) is 0 Å². The molecule has 0 aliphatic carbocycles. The Balaban J connectivity index is 1.10. The van der Waals surface area contributed by atoms with Gasteiger partial charge in [0.25, 0.3) is 5.91 Å². The van der Waals surface area contributed by atoms with E-state index in [0.29, 0.717) is 18.5 Å². The van der Waals surface area contributed by atoms with Gasteiger partial charge in [-0.2, -0.15) is 0 Å². The summed E-state index contributed by atoms with van der Waals surface area (Å²) in [5.74, 6) is -0.158. The Morgan fingerprint density at radius 1 is 0.824 bits per heavy atom. The second-order valence-corrected chi connectivity index (χ2v) is 13.3. The summed E-state index contributed by atoms with van der Waals surface area (Å²) in [6.45, 7) is 3.38. The van der Waals surface area contributed by atoms with E-state index < -0.39 is 6.29 Å². The highest BCUT2D eigenvalue weighted by Crippen LogP contribution is 2.39. The quantitative estimate of drug-likeness (QED) is 0.143. The smallest absolute Gasteiger partial charge is 0.253 e. The first kappa shape index (κ1) is 34.3. The molecular formula is C44H43N3O4. The summed E-state index contributed by atoms with van der Waals surface area (Å²) in [4.78, 5) is 19.0. The number of carbonyl (C=O) groups excluding carboxylic acids is 1. The molecule has 258 valence electrons. The van der Waals surface area contributed by atoms with E-state index in [4.69, 9.17) is 9.47 Å². The second kappa shape index (κ2) is 15.8. The summed E-state index contributed by atoms with van der Waals surface area (Å²) < 4.78 is 13.5. The van der Waals surface area contributed by atoms with Crippen LogP contribution in [-0.4, -0.2) is 40.6 Å². The fraction of sp³-hybridized carbons (Fsp3) is 0.227. The van der Waals surface area contributed by atoms with E-state index in [2.05, 4.69) is 102 Å². The number of fused-ring (bicyclic) bond motifs is 1. The van der Waals surface area contributed by atoms with E-state index in [-0.39, 0.29) is 30.8 Å². The van der Waals surface area contributed by atoms with Gasteiger partial charge in [0.2, 0.25) is 0 Å². The van der Waals surface area contributed by atoms with Crippen LogP contribution in [0.3, 0.4) is 0 Å². The molecule has 5 aromatic carbocycles. The molecule has 4 atom stereocenters. The van der Waals surface area contributed by atoms with Crippen molar-refractivity contribution in [2.45, 2.75) is 51.0 Å². The molecule has 2 N–H and O–H groups in total. The first-order chi connectivity index (χ1) is 24.9. The number of aliphatic hydroxyl groups is 1. The molecule has 51 heavy (non-hydrogen) atoms. The third-order valence-electron chi connectivity index (χ3n) is 9.82. The zero-order valence-electron chi connectivity index (χ0n) is 29.0. The van der Waals surface area contributed by atoms with Gasteiger partial charge in [0.05, 0.1) is 24.4 Å². The molecule has 0 radical (unpaired) electrons.